The van der Waals surface area contributed by atoms with E-state index in [0.717, 1.165) is 31.6 Å². The number of rotatable bonds is 7. The van der Waals surface area contributed by atoms with Gasteiger partial charge in [-0.25, -0.2) is 4.79 Å². The molecule has 0 radical (unpaired) electrons. The van der Waals surface area contributed by atoms with Gasteiger partial charge in [-0.05, 0) is 55.0 Å². The Morgan fingerprint density at radius 1 is 0.708 bits per heavy atom. The van der Waals surface area contributed by atoms with Crippen molar-refractivity contribution in [2.24, 2.45) is 5.92 Å². The normalized spacial score (nSPS) is 17.2. The number of aromatic nitrogens is 3. The zero-order chi connectivity index (χ0) is 33.5. The van der Waals surface area contributed by atoms with Crippen LogP contribution in [0, 0.1) is 5.92 Å². The summed E-state index contributed by atoms with van der Waals surface area (Å²) in [5.41, 5.74) is 2.57. The molecule has 4 heterocycles. The van der Waals surface area contributed by atoms with E-state index in [-0.39, 0.29) is 17.7 Å². The van der Waals surface area contributed by atoms with E-state index in [4.69, 9.17) is 19.7 Å². The molecule has 3 saturated heterocycles. The molecule has 0 saturated carbocycles. The average molecular weight is 657 g/mol. The minimum atomic E-state index is -0.396. The van der Waals surface area contributed by atoms with Crippen LogP contribution >= 0.6 is 0 Å². The van der Waals surface area contributed by atoms with Crippen molar-refractivity contribution < 1.29 is 19.1 Å². The van der Waals surface area contributed by atoms with Gasteiger partial charge in [0.25, 0.3) is 5.91 Å². The number of hydrogen-bond acceptors (Lipinski definition) is 10. The van der Waals surface area contributed by atoms with Crippen molar-refractivity contribution in [2.75, 3.05) is 99.1 Å². The summed E-state index contributed by atoms with van der Waals surface area (Å²) in [4.78, 5) is 60.8. The van der Waals surface area contributed by atoms with Crippen LogP contribution in [0.3, 0.4) is 0 Å². The van der Waals surface area contributed by atoms with Crippen LogP contribution in [0.1, 0.15) is 30.6 Å². The average Bonchev–Trinajstić information content (AvgIpc) is 3.39. The van der Waals surface area contributed by atoms with Gasteiger partial charge in [0.2, 0.25) is 17.8 Å². The third-order valence-corrected chi connectivity index (χ3v) is 8.68. The quantitative estimate of drug-likeness (QED) is 0.347. The van der Waals surface area contributed by atoms with E-state index < -0.39 is 6.03 Å². The van der Waals surface area contributed by atoms with Gasteiger partial charge in [-0.1, -0.05) is 13.8 Å². The first-order valence-corrected chi connectivity index (χ1v) is 16.7. The lowest BCUT2D eigenvalue weighted by atomic mass is 10.1. The van der Waals surface area contributed by atoms with Crippen molar-refractivity contribution in [3.63, 3.8) is 0 Å². The van der Waals surface area contributed by atoms with Gasteiger partial charge in [0.1, 0.15) is 0 Å². The van der Waals surface area contributed by atoms with Crippen LogP contribution in [-0.4, -0.2) is 121 Å². The SMILES string of the molecule is CC(C)C(=O)N1CCCN(c2nc(-c3ccc(NC(=O)Nc4ccc(C(=O)N5CCNCC5)cc4)cc3)nc(N3CCOCC3)n2)CC1. The Morgan fingerprint density at radius 3 is 1.94 bits per heavy atom. The molecule has 3 aliphatic rings. The molecule has 3 fully saturated rings. The van der Waals surface area contributed by atoms with Gasteiger partial charge < -0.3 is 40.3 Å². The molecule has 254 valence electrons. The van der Waals surface area contributed by atoms with E-state index in [1.807, 2.05) is 47.9 Å². The third kappa shape index (κ3) is 8.17. The number of carbonyl (C=O) groups is 3. The van der Waals surface area contributed by atoms with Gasteiger partial charge in [-0.15, -0.1) is 0 Å². The van der Waals surface area contributed by atoms with E-state index in [9.17, 15) is 14.4 Å². The Balaban J connectivity index is 1.13. The minimum Gasteiger partial charge on any atom is -0.378 e. The Hall–Kier alpha value is -4.82. The molecule has 0 aliphatic carbocycles. The number of urea groups is 1. The lowest BCUT2D eigenvalue weighted by molar-refractivity contribution is -0.134. The van der Waals surface area contributed by atoms with Crippen LogP contribution in [0.15, 0.2) is 48.5 Å². The predicted molar refractivity (Wildman–Crippen MR) is 184 cm³/mol. The highest BCUT2D eigenvalue weighted by Crippen LogP contribution is 2.25. The van der Waals surface area contributed by atoms with Gasteiger partial charge >= 0.3 is 6.03 Å². The lowest BCUT2D eigenvalue weighted by Crippen LogP contribution is -2.46. The molecule has 14 heteroatoms. The number of nitrogens with zero attached hydrogens (tertiary/aromatic N) is 7. The maximum atomic E-state index is 12.8. The van der Waals surface area contributed by atoms with Crippen molar-refractivity contribution >= 4 is 41.1 Å². The first-order valence-electron chi connectivity index (χ1n) is 16.7. The van der Waals surface area contributed by atoms with Crippen molar-refractivity contribution in [3.8, 4) is 11.4 Å². The number of piperazine rings is 1. The molecule has 4 amide bonds. The van der Waals surface area contributed by atoms with Gasteiger partial charge in [-0.2, -0.15) is 15.0 Å². The van der Waals surface area contributed by atoms with Gasteiger partial charge in [0, 0.05) is 93.9 Å². The second kappa shape index (κ2) is 15.4. The summed E-state index contributed by atoms with van der Waals surface area (Å²) in [5, 5.41) is 8.94. The van der Waals surface area contributed by atoms with E-state index in [2.05, 4.69) is 25.8 Å². The summed E-state index contributed by atoms with van der Waals surface area (Å²) in [7, 11) is 0. The summed E-state index contributed by atoms with van der Waals surface area (Å²) < 4.78 is 5.55. The highest BCUT2D eigenvalue weighted by Gasteiger charge is 2.25. The molecule has 0 atom stereocenters. The molecule has 1 aromatic heterocycles. The number of nitrogens with one attached hydrogen (secondary N) is 3. The summed E-state index contributed by atoms with van der Waals surface area (Å²) in [5.74, 6) is 1.84. The second-order valence-corrected chi connectivity index (χ2v) is 12.5. The maximum Gasteiger partial charge on any atom is 0.323 e. The molecule has 14 nitrogen and oxygen atoms in total. The molecule has 0 spiro atoms. The fraction of sp³-hybridized carbons (Fsp3) is 0.471. The molecule has 3 N–H and O–H groups in total. The van der Waals surface area contributed by atoms with Gasteiger partial charge in [-0.3, -0.25) is 9.59 Å². The van der Waals surface area contributed by atoms with Crippen molar-refractivity contribution in [1.82, 2.24) is 30.1 Å². The first-order chi connectivity index (χ1) is 23.3. The summed E-state index contributed by atoms with van der Waals surface area (Å²) in [6, 6.07) is 13.9. The number of carbonyl (C=O) groups excluding carboxylic acids is 3. The Labute approximate surface area is 280 Å². The first kappa shape index (κ1) is 33.1. The molecule has 2 aromatic carbocycles. The highest BCUT2D eigenvalue weighted by molar-refractivity contribution is 6.00. The minimum absolute atomic E-state index is 0.00819. The zero-order valence-corrected chi connectivity index (χ0v) is 27.7. The van der Waals surface area contributed by atoms with E-state index in [1.54, 1.807) is 24.3 Å². The number of morpholine rings is 1. The Morgan fingerprint density at radius 2 is 1.31 bits per heavy atom. The molecule has 6 rings (SSSR count). The van der Waals surface area contributed by atoms with E-state index in [0.29, 0.717) is 93.7 Å². The van der Waals surface area contributed by atoms with Crippen LogP contribution < -0.4 is 25.8 Å². The molecule has 48 heavy (non-hydrogen) atoms. The summed E-state index contributed by atoms with van der Waals surface area (Å²) in [6.45, 7) is 12.1. The molecule has 3 aliphatic heterocycles. The van der Waals surface area contributed by atoms with Gasteiger partial charge in [0.05, 0.1) is 13.2 Å². The Bertz CT molecular complexity index is 1570. The van der Waals surface area contributed by atoms with Crippen molar-refractivity contribution in [2.45, 2.75) is 20.3 Å². The predicted octanol–water partition coefficient (Wildman–Crippen LogP) is 2.76. The van der Waals surface area contributed by atoms with Gasteiger partial charge in [0.15, 0.2) is 5.82 Å². The smallest absolute Gasteiger partial charge is 0.323 e. The number of amides is 4. The molecule has 0 unspecified atom stereocenters. The monoisotopic (exact) mass is 656 g/mol. The number of benzene rings is 2. The second-order valence-electron chi connectivity index (χ2n) is 12.5. The summed E-state index contributed by atoms with van der Waals surface area (Å²) >= 11 is 0. The molecule has 3 aromatic rings. The Kier molecular flexibility index (Phi) is 10.6. The van der Waals surface area contributed by atoms with Crippen LogP contribution in [0.5, 0.6) is 0 Å². The topological polar surface area (TPSA) is 148 Å². The van der Waals surface area contributed by atoms with Crippen molar-refractivity contribution in [1.29, 1.82) is 0 Å². The molecule has 0 bridgehead atoms. The van der Waals surface area contributed by atoms with E-state index >= 15 is 0 Å². The number of anilines is 4. The largest absolute Gasteiger partial charge is 0.378 e. The highest BCUT2D eigenvalue weighted by atomic mass is 16.5. The van der Waals surface area contributed by atoms with Crippen LogP contribution in [0.4, 0.5) is 28.1 Å². The third-order valence-electron chi connectivity index (χ3n) is 8.68. The zero-order valence-electron chi connectivity index (χ0n) is 27.7. The standard InChI is InChI=1S/C34H44N10O4/c1-24(2)30(45)41-14-3-15-43(19-18-41)32-38-29(39-33(40-32)44-20-22-48-23-21-44)25-4-8-27(9-5-25)36-34(47)37-28-10-6-26(7-11-28)31(46)42-16-12-35-13-17-42/h4-11,24,35H,3,12-23H2,1-2H3,(H2,36,37,47). The number of hydrogen-bond donors (Lipinski definition) is 3. The van der Waals surface area contributed by atoms with Crippen LogP contribution in [0.2, 0.25) is 0 Å². The fourth-order valence-electron chi connectivity index (χ4n) is 5.97. The van der Waals surface area contributed by atoms with Crippen LogP contribution in [-0.2, 0) is 9.53 Å². The molecular formula is C34H44N10O4. The molecular weight excluding hydrogens is 612 g/mol. The lowest BCUT2D eigenvalue weighted by Gasteiger charge is -2.28. The summed E-state index contributed by atoms with van der Waals surface area (Å²) in [6.07, 6.45) is 0.827. The van der Waals surface area contributed by atoms with Crippen molar-refractivity contribution in [3.05, 3.63) is 54.1 Å². The fourth-order valence-corrected chi connectivity index (χ4v) is 5.97. The van der Waals surface area contributed by atoms with E-state index in [1.165, 1.54) is 0 Å². The maximum absolute atomic E-state index is 12.8. The number of ether oxygens (including phenoxy) is 1. The van der Waals surface area contributed by atoms with Crippen LogP contribution in [0.25, 0.3) is 11.4 Å².